The van der Waals surface area contributed by atoms with Gasteiger partial charge in [-0.25, -0.2) is 0 Å². The lowest BCUT2D eigenvalue weighted by Gasteiger charge is -2.44. The molecule has 1 aliphatic carbocycles. The predicted molar refractivity (Wildman–Crippen MR) is 85.1 cm³/mol. The first kappa shape index (κ1) is 14.8. The summed E-state index contributed by atoms with van der Waals surface area (Å²) >= 11 is 0. The van der Waals surface area contributed by atoms with E-state index >= 15 is 0 Å². The van der Waals surface area contributed by atoms with Crippen molar-refractivity contribution >= 4 is 0 Å². The molecule has 3 heteroatoms. The third-order valence-corrected chi connectivity index (χ3v) is 5.64. The first-order valence-electron chi connectivity index (χ1n) is 9.11. The lowest BCUT2D eigenvalue weighted by atomic mass is 9.99. The number of hydrogen-bond acceptors (Lipinski definition) is 3. The molecule has 116 valence electrons. The minimum atomic E-state index is 0.813. The summed E-state index contributed by atoms with van der Waals surface area (Å²) in [4.78, 5) is 5.44. The van der Waals surface area contributed by atoms with E-state index in [0.717, 1.165) is 12.1 Å². The van der Waals surface area contributed by atoms with E-state index in [9.17, 15) is 0 Å². The fourth-order valence-electron chi connectivity index (χ4n) is 4.33. The number of fused-ring (bicyclic) bond motifs is 1. The molecule has 0 aromatic rings. The smallest absolute Gasteiger partial charge is 0.0223 e. The molecule has 0 aromatic heterocycles. The van der Waals surface area contributed by atoms with Crippen LogP contribution in [0.5, 0.6) is 0 Å². The quantitative estimate of drug-likeness (QED) is 0.798. The van der Waals surface area contributed by atoms with Crippen LogP contribution in [0.2, 0.25) is 0 Å². The van der Waals surface area contributed by atoms with E-state index < -0.39 is 0 Å². The second-order valence-corrected chi connectivity index (χ2v) is 7.13. The summed E-state index contributed by atoms with van der Waals surface area (Å²) in [6.07, 6.45) is 13.0. The van der Waals surface area contributed by atoms with Crippen LogP contribution in [0, 0.1) is 0 Å². The average Bonchev–Trinajstić information content (AvgIpc) is 2.76. The molecule has 0 bridgehead atoms. The largest absolute Gasteiger partial charge is 0.313 e. The molecule has 1 N–H and O–H groups in total. The third-order valence-electron chi connectivity index (χ3n) is 5.64. The van der Waals surface area contributed by atoms with Crippen LogP contribution in [0.1, 0.15) is 57.8 Å². The first-order valence-corrected chi connectivity index (χ1v) is 9.11. The number of nitrogens with zero attached hydrogens (tertiary/aromatic N) is 2. The summed E-state index contributed by atoms with van der Waals surface area (Å²) in [6, 6.07) is 1.68. The zero-order chi connectivity index (χ0) is 13.6. The highest BCUT2D eigenvalue weighted by molar-refractivity contribution is 4.85. The molecule has 1 saturated carbocycles. The standard InChI is InChI=1S/C17H33N3/c1-2-4-8-16(7-3-1)18-10-12-19-13-14-20-11-6-5-9-17(20)15-19/h16-18H,1-15H2. The van der Waals surface area contributed by atoms with Gasteiger partial charge < -0.3 is 5.32 Å². The van der Waals surface area contributed by atoms with Crippen molar-refractivity contribution in [1.82, 2.24) is 15.1 Å². The van der Waals surface area contributed by atoms with Gasteiger partial charge in [-0.15, -0.1) is 0 Å². The first-order chi connectivity index (χ1) is 9.92. The van der Waals surface area contributed by atoms with E-state index in [2.05, 4.69) is 15.1 Å². The molecular weight excluding hydrogens is 246 g/mol. The van der Waals surface area contributed by atoms with Gasteiger partial charge in [0.1, 0.15) is 0 Å². The van der Waals surface area contributed by atoms with Crippen molar-refractivity contribution in [3.8, 4) is 0 Å². The zero-order valence-corrected chi connectivity index (χ0v) is 13.2. The van der Waals surface area contributed by atoms with Crippen LogP contribution < -0.4 is 5.32 Å². The van der Waals surface area contributed by atoms with E-state index in [4.69, 9.17) is 0 Å². The second kappa shape index (κ2) is 7.77. The highest BCUT2D eigenvalue weighted by Gasteiger charge is 2.28. The summed E-state index contributed by atoms with van der Waals surface area (Å²) < 4.78 is 0. The Hall–Kier alpha value is -0.120. The van der Waals surface area contributed by atoms with Gasteiger partial charge in [0.25, 0.3) is 0 Å². The molecule has 1 atom stereocenters. The van der Waals surface area contributed by atoms with Crippen molar-refractivity contribution < 1.29 is 0 Å². The van der Waals surface area contributed by atoms with Crippen molar-refractivity contribution in [2.75, 3.05) is 39.3 Å². The van der Waals surface area contributed by atoms with Gasteiger partial charge in [-0.2, -0.15) is 0 Å². The van der Waals surface area contributed by atoms with Crippen LogP contribution in [0.3, 0.4) is 0 Å². The van der Waals surface area contributed by atoms with Crippen molar-refractivity contribution in [3.63, 3.8) is 0 Å². The Morgan fingerprint density at radius 2 is 1.60 bits per heavy atom. The molecular formula is C17H33N3. The Labute approximate surface area is 125 Å². The molecule has 0 aromatic carbocycles. The SMILES string of the molecule is C1CCCC(NCCN2CCN3CCCCC3C2)CC1. The Morgan fingerprint density at radius 1 is 0.800 bits per heavy atom. The fraction of sp³-hybridized carbons (Fsp3) is 1.00. The van der Waals surface area contributed by atoms with Gasteiger partial charge in [0, 0.05) is 44.8 Å². The molecule has 2 heterocycles. The molecule has 20 heavy (non-hydrogen) atoms. The van der Waals surface area contributed by atoms with E-state index in [0.29, 0.717) is 0 Å². The van der Waals surface area contributed by atoms with Gasteiger partial charge in [-0.3, -0.25) is 9.80 Å². The number of piperidine rings is 1. The maximum atomic E-state index is 3.83. The average molecular weight is 279 g/mol. The highest BCUT2D eigenvalue weighted by Crippen LogP contribution is 2.21. The predicted octanol–water partition coefficient (Wildman–Crippen LogP) is 2.47. The van der Waals surface area contributed by atoms with Gasteiger partial charge in [0.15, 0.2) is 0 Å². The maximum absolute atomic E-state index is 3.83. The van der Waals surface area contributed by atoms with E-state index in [1.54, 1.807) is 0 Å². The van der Waals surface area contributed by atoms with Crippen molar-refractivity contribution in [3.05, 3.63) is 0 Å². The molecule has 3 nitrogen and oxygen atoms in total. The summed E-state index contributed by atoms with van der Waals surface area (Å²) in [7, 11) is 0. The number of nitrogens with one attached hydrogen (secondary N) is 1. The lowest BCUT2D eigenvalue weighted by Crippen LogP contribution is -2.55. The van der Waals surface area contributed by atoms with E-state index in [-0.39, 0.29) is 0 Å². The summed E-state index contributed by atoms with van der Waals surface area (Å²) in [6.45, 7) is 7.76. The lowest BCUT2D eigenvalue weighted by molar-refractivity contribution is 0.0496. The van der Waals surface area contributed by atoms with Crippen LogP contribution in [0.25, 0.3) is 0 Å². The van der Waals surface area contributed by atoms with Gasteiger partial charge in [0.2, 0.25) is 0 Å². The topological polar surface area (TPSA) is 18.5 Å². The van der Waals surface area contributed by atoms with E-state index in [1.165, 1.54) is 97.1 Å². The molecule has 0 radical (unpaired) electrons. The zero-order valence-electron chi connectivity index (χ0n) is 13.2. The third kappa shape index (κ3) is 4.19. The number of rotatable bonds is 4. The van der Waals surface area contributed by atoms with Crippen LogP contribution in [-0.4, -0.2) is 61.2 Å². The number of hydrogen-bond donors (Lipinski definition) is 1. The molecule has 2 aliphatic heterocycles. The highest BCUT2D eigenvalue weighted by atomic mass is 15.3. The van der Waals surface area contributed by atoms with Crippen LogP contribution in [0.4, 0.5) is 0 Å². The van der Waals surface area contributed by atoms with Gasteiger partial charge >= 0.3 is 0 Å². The van der Waals surface area contributed by atoms with Gasteiger partial charge in [0.05, 0.1) is 0 Å². The summed E-state index contributed by atoms with van der Waals surface area (Å²) in [5, 5.41) is 3.83. The second-order valence-electron chi connectivity index (χ2n) is 7.13. The Kier molecular flexibility index (Phi) is 5.75. The summed E-state index contributed by atoms with van der Waals surface area (Å²) in [5.74, 6) is 0. The Bertz CT molecular complexity index is 273. The molecule has 3 fully saturated rings. The van der Waals surface area contributed by atoms with Gasteiger partial charge in [-0.05, 0) is 32.2 Å². The van der Waals surface area contributed by atoms with Gasteiger partial charge in [-0.1, -0.05) is 32.1 Å². The molecule has 2 saturated heterocycles. The molecule has 0 spiro atoms. The maximum Gasteiger partial charge on any atom is 0.0223 e. The monoisotopic (exact) mass is 279 g/mol. The molecule has 0 amide bonds. The van der Waals surface area contributed by atoms with Crippen LogP contribution in [-0.2, 0) is 0 Å². The van der Waals surface area contributed by atoms with Crippen molar-refractivity contribution in [2.24, 2.45) is 0 Å². The Morgan fingerprint density at radius 3 is 2.45 bits per heavy atom. The normalized spacial score (nSPS) is 30.9. The van der Waals surface area contributed by atoms with Crippen LogP contribution >= 0.6 is 0 Å². The fourth-order valence-corrected chi connectivity index (χ4v) is 4.33. The van der Waals surface area contributed by atoms with Crippen LogP contribution in [0.15, 0.2) is 0 Å². The molecule has 3 rings (SSSR count). The molecule has 1 unspecified atom stereocenters. The Balaban J connectivity index is 1.34. The minimum Gasteiger partial charge on any atom is -0.313 e. The summed E-state index contributed by atoms with van der Waals surface area (Å²) in [5.41, 5.74) is 0. The number of piperazine rings is 1. The minimum absolute atomic E-state index is 0.813. The van der Waals surface area contributed by atoms with Crippen molar-refractivity contribution in [2.45, 2.75) is 69.9 Å². The van der Waals surface area contributed by atoms with E-state index in [1.807, 2.05) is 0 Å². The van der Waals surface area contributed by atoms with Crippen molar-refractivity contribution in [1.29, 1.82) is 0 Å². The molecule has 3 aliphatic rings.